The molecule has 30 heavy (non-hydrogen) atoms. The van der Waals surface area contributed by atoms with Crippen LogP contribution in [0.1, 0.15) is 48.5 Å². The van der Waals surface area contributed by atoms with Gasteiger partial charge in [-0.05, 0) is 25.0 Å². The van der Waals surface area contributed by atoms with E-state index in [1.807, 2.05) is 6.07 Å². The Hall–Kier alpha value is -2.88. The van der Waals surface area contributed by atoms with E-state index >= 15 is 0 Å². The summed E-state index contributed by atoms with van der Waals surface area (Å²) in [5.74, 6) is -2.41. The van der Waals surface area contributed by atoms with Crippen molar-refractivity contribution in [2.75, 3.05) is 6.54 Å². The Morgan fingerprint density at radius 3 is 2.73 bits per heavy atom. The lowest BCUT2D eigenvalue weighted by atomic mass is 9.81. The number of ether oxygens (including phenoxy) is 1. The summed E-state index contributed by atoms with van der Waals surface area (Å²) in [7, 11) is 0. The molecule has 7 nitrogen and oxygen atoms in total. The van der Waals surface area contributed by atoms with E-state index in [-0.39, 0.29) is 30.2 Å². The number of alkyl halides is 2. The van der Waals surface area contributed by atoms with Gasteiger partial charge in [0.05, 0.1) is 6.04 Å². The lowest BCUT2D eigenvalue weighted by Crippen LogP contribution is -2.35. The van der Waals surface area contributed by atoms with Crippen molar-refractivity contribution in [1.82, 2.24) is 19.9 Å². The van der Waals surface area contributed by atoms with E-state index in [9.17, 15) is 18.4 Å². The van der Waals surface area contributed by atoms with Crippen molar-refractivity contribution in [3.63, 3.8) is 0 Å². The fraction of sp³-hybridized carbons (Fsp3) is 0.400. The van der Waals surface area contributed by atoms with Crippen molar-refractivity contribution in [2.24, 2.45) is 0 Å². The number of fused-ring (bicyclic) bond motifs is 1. The van der Waals surface area contributed by atoms with E-state index in [1.165, 1.54) is 11.3 Å². The number of thiazole rings is 1. The number of rotatable bonds is 3. The summed E-state index contributed by atoms with van der Waals surface area (Å²) < 4.78 is 31.8. The summed E-state index contributed by atoms with van der Waals surface area (Å²) in [4.78, 5) is 38.5. The summed E-state index contributed by atoms with van der Waals surface area (Å²) in [5.41, 5.74) is -0.266. The van der Waals surface area contributed by atoms with Crippen LogP contribution in [0.2, 0.25) is 0 Å². The Bertz CT molecular complexity index is 1160. The molecule has 2 fully saturated rings. The van der Waals surface area contributed by atoms with Gasteiger partial charge in [0, 0.05) is 25.3 Å². The first-order valence-corrected chi connectivity index (χ1v) is 10.5. The van der Waals surface area contributed by atoms with Crippen molar-refractivity contribution in [3.8, 4) is 5.75 Å². The van der Waals surface area contributed by atoms with Gasteiger partial charge in [-0.1, -0.05) is 29.5 Å². The SMILES string of the molecule is O=C(Oc1ccccc1)N1CCC[C@@H]1c1nc2c(=O)[nH]c(C3CC(F)(F)C3)nc2s1. The molecule has 0 unspecified atom stereocenters. The molecule has 3 aromatic rings. The Morgan fingerprint density at radius 1 is 1.23 bits per heavy atom. The van der Waals surface area contributed by atoms with Gasteiger partial charge in [0.25, 0.3) is 5.56 Å². The van der Waals surface area contributed by atoms with Gasteiger partial charge in [-0.25, -0.2) is 23.5 Å². The number of aromatic nitrogens is 3. The van der Waals surface area contributed by atoms with Gasteiger partial charge in [-0.15, -0.1) is 0 Å². The Kier molecular flexibility index (Phi) is 4.53. The normalized spacial score (nSPS) is 21.0. The summed E-state index contributed by atoms with van der Waals surface area (Å²) in [6.45, 7) is 0.526. The third-order valence-electron chi connectivity index (χ3n) is 5.50. The highest BCUT2D eigenvalue weighted by atomic mass is 32.1. The number of carbonyl (C=O) groups excluding carboxylic acids is 1. The molecule has 1 aliphatic heterocycles. The van der Waals surface area contributed by atoms with Crippen LogP contribution >= 0.6 is 11.3 Å². The fourth-order valence-corrected chi connectivity index (χ4v) is 5.04. The molecule has 5 rings (SSSR count). The van der Waals surface area contributed by atoms with Crippen molar-refractivity contribution in [3.05, 3.63) is 51.5 Å². The summed E-state index contributed by atoms with van der Waals surface area (Å²) >= 11 is 1.22. The van der Waals surface area contributed by atoms with Crippen LogP contribution in [-0.2, 0) is 0 Å². The number of benzene rings is 1. The molecule has 2 aromatic heterocycles. The average Bonchev–Trinajstić information content (AvgIpc) is 3.33. The second kappa shape index (κ2) is 7.12. The number of hydrogen-bond acceptors (Lipinski definition) is 6. The molecule has 1 atom stereocenters. The van der Waals surface area contributed by atoms with Crippen LogP contribution in [0.15, 0.2) is 35.1 Å². The monoisotopic (exact) mass is 432 g/mol. The van der Waals surface area contributed by atoms with Crippen LogP contribution in [0, 0.1) is 0 Å². The highest BCUT2D eigenvalue weighted by Gasteiger charge is 2.47. The van der Waals surface area contributed by atoms with Gasteiger partial charge in [0.15, 0.2) is 10.3 Å². The Labute approximate surface area is 173 Å². The Morgan fingerprint density at radius 2 is 2.00 bits per heavy atom. The van der Waals surface area contributed by atoms with Gasteiger partial charge < -0.3 is 9.72 Å². The smallest absolute Gasteiger partial charge is 0.410 e. The van der Waals surface area contributed by atoms with E-state index in [0.717, 1.165) is 6.42 Å². The lowest BCUT2D eigenvalue weighted by Gasteiger charge is -2.33. The van der Waals surface area contributed by atoms with Crippen LogP contribution in [0.4, 0.5) is 13.6 Å². The second-order valence-corrected chi connectivity index (χ2v) is 8.66. The molecular formula is C20H18F2N4O3S. The lowest BCUT2D eigenvalue weighted by molar-refractivity contribution is -0.0885. The molecule has 0 bridgehead atoms. The number of hydrogen-bond donors (Lipinski definition) is 1. The number of nitrogens with one attached hydrogen (secondary N) is 1. The second-order valence-electron chi connectivity index (χ2n) is 7.65. The fourth-order valence-electron chi connectivity index (χ4n) is 3.95. The molecule has 1 saturated heterocycles. The predicted molar refractivity (Wildman–Crippen MR) is 106 cm³/mol. The molecule has 1 amide bonds. The minimum atomic E-state index is -2.69. The molecule has 1 N–H and O–H groups in total. The largest absolute Gasteiger partial charge is 0.415 e. The zero-order valence-electron chi connectivity index (χ0n) is 15.8. The van der Waals surface area contributed by atoms with Gasteiger partial charge in [0.1, 0.15) is 16.6 Å². The first-order valence-electron chi connectivity index (χ1n) is 9.72. The first-order chi connectivity index (χ1) is 14.4. The quantitative estimate of drug-likeness (QED) is 0.669. The zero-order valence-corrected chi connectivity index (χ0v) is 16.6. The van der Waals surface area contributed by atoms with E-state index in [1.54, 1.807) is 29.2 Å². The van der Waals surface area contributed by atoms with Crippen molar-refractivity contribution < 1.29 is 18.3 Å². The van der Waals surface area contributed by atoms with E-state index in [2.05, 4.69) is 15.0 Å². The molecule has 3 heterocycles. The maximum absolute atomic E-state index is 13.2. The third-order valence-corrected chi connectivity index (χ3v) is 6.55. The van der Waals surface area contributed by atoms with Gasteiger partial charge >= 0.3 is 6.09 Å². The molecular weight excluding hydrogens is 414 g/mol. The van der Waals surface area contributed by atoms with E-state index < -0.39 is 23.5 Å². The number of halogens is 2. The molecule has 1 aliphatic carbocycles. The first kappa shape index (κ1) is 19.1. The number of H-pyrrole nitrogens is 1. The van der Waals surface area contributed by atoms with Crippen molar-refractivity contribution in [2.45, 2.75) is 43.6 Å². The number of nitrogens with zero attached hydrogens (tertiary/aromatic N) is 3. The van der Waals surface area contributed by atoms with Crippen LogP contribution in [0.5, 0.6) is 5.75 Å². The number of aromatic amines is 1. The van der Waals surface area contributed by atoms with Crippen LogP contribution in [-0.4, -0.2) is 38.4 Å². The van der Waals surface area contributed by atoms with E-state index in [4.69, 9.17) is 4.74 Å². The Balaban J connectivity index is 1.40. The summed E-state index contributed by atoms with van der Waals surface area (Å²) in [6, 6.07) is 8.50. The minimum Gasteiger partial charge on any atom is -0.410 e. The summed E-state index contributed by atoms with van der Waals surface area (Å²) in [5, 5.41) is 0.599. The minimum absolute atomic E-state index is 0.174. The molecule has 2 aliphatic rings. The van der Waals surface area contributed by atoms with Crippen molar-refractivity contribution >= 4 is 27.8 Å². The molecule has 156 valence electrons. The van der Waals surface area contributed by atoms with Crippen LogP contribution in [0.3, 0.4) is 0 Å². The molecule has 0 spiro atoms. The molecule has 10 heteroatoms. The number of likely N-dealkylation sites (tertiary alicyclic amines) is 1. The number of carbonyl (C=O) groups is 1. The number of amides is 1. The van der Waals surface area contributed by atoms with Crippen LogP contribution < -0.4 is 10.3 Å². The standard InChI is InChI=1S/C20H18F2N4O3S/c21-20(22)9-11(10-20)15-24-16(27)14-18(25-15)30-17(23-14)13-7-4-8-26(13)19(28)29-12-5-2-1-3-6-12/h1-3,5-6,11,13H,4,7-10H2,(H,24,25,27)/t13-/m1/s1. The number of para-hydroxylation sites is 1. The van der Waals surface area contributed by atoms with Gasteiger partial charge in [0.2, 0.25) is 5.92 Å². The molecule has 1 aromatic carbocycles. The third kappa shape index (κ3) is 3.45. The molecule has 1 saturated carbocycles. The topological polar surface area (TPSA) is 88.2 Å². The van der Waals surface area contributed by atoms with Crippen LogP contribution in [0.25, 0.3) is 10.3 Å². The molecule has 0 radical (unpaired) electrons. The zero-order chi connectivity index (χ0) is 20.9. The maximum atomic E-state index is 13.2. The highest BCUT2D eigenvalue weighted by Crippen LogP contribution is 2.47. The van der Waals surface area contributed by atoms with Gasteiger partial charge in [-0.2, -0.15) is 0 Å². The maximum Gasteiger partial charge on any atom is 0.415 e. The van der Waals surface area contributed by atoms with Gasteiger partial charge in [-0.3, -0.25) is 9.69 Å². The van der Waals surface area contributed by atoms with Crippen molar-refractivity contribution in [1.29, 1.82) is 0 Å². The highest BCUT2D eigenvalue weighted by molar-refractivity contribution is 7.18. The van der Waals surface area contributed by atoms with E-state index in [0.29, 0.717) is 28.6 Å². The predicted octanol–water partition coefficient (Wildman–Crippen LogP) is 4.23. The summed E-state index contributed by atoms with van der Waals surface area (Å²) in [6.07, 6.45) is 0.395. The average molecular weight is 432 g/mol.